The fraction of sp³-hybridized carbons (Fsp3) is 0.375. The van der Waals surface area contributed by atoms with Crippen LogP contribution in [0.5, 0.6) is 0 Å². The van der Waals surface area contributed by atoms with Crippen molar-refractivity contribution in [2.45, 2.75) is 30.7 Å². The molecule has 0 spiro atoms. The molecular formula is C24H30N4O3S. The largest absolute Gasteiger partial charge is 0.369 e. The van der Waals surface area contributed by atoms with Crippen molar-refractivity contribution in [3.8, 4) is 0 Å². The molecule has 0 radical (unpaired) electrons. The Morgan fingerprint density at radius 1 is 1.06 bits per heavy atom. The lowest BCUT2D eigenvalue weighted by molar-refractivity contribution is -0.135. The Kier molecular flexibility index (Phi) is 8.70. The van der Waals surface area contributed by atoms with Crippen LogP contribution in [0.4, 0.5) is 5.69 Å². The molecule has 8 heteroatoms. The van der Waals surface area contributed by atoms with Gasteiger partial charge in [-0.3, -0.25) is 19.7 Å². The molecule has 1 saturated heterocycles. The molecule has 2 aromatic rings. The van der Waals surface area contributed by atoms with Crippen LogP contribution < -0.4 is 16.4 Å². The Balaban J connectivity index is 1.65. The summed E-state index contributed by atoms with van der Waals surface area (Å²) in [6, 6.07) is 16.1. The van der Waals surface area contributed by atoms with E-state index in [1.165, 1.54) is 11.8 Å². The van der Waals surface area contributed by atoms with Crippen LogP contribution in [0.2, 0.25) is 0 Å². The van der Waals surface area contributed by atoms with E-state index in [-0.39, 0.29) is 24.1 Å². The number of amides is 3. The van der Waals surface area contributed by atoms with Gasteiger partial charge >= 0.3 is 0 Å². The van der Waals surface area contributed by atoms with Gasteiger partial charge in [0.1, 0.15) is 6.04 Å². The summed E-state index contributed by atoms with van der Waals surface area (Å²) in [5.41, 5.74) is 6.68. The molecule has 0 aromatic heterocycles. The van der Waals surface area contributed by atoms with Crippen molar-refractivity contribution < 1.29 is 14.4 Å². The highest BCUT2D eigenvalue weighted by atomic mass is 32.2. The molecule has 1 aliphatic heterocycles. The zero-order chi connectivity index (χ0) is 22.9. The van der Waals surface area contributed by atoms with E-state index in [1.807, 2.05) is 53.4 Å². The van der Waals surface area contributed by atoms with E-state index in [4.69, 9.17) is 5.73 Å². The Hall–Kier alpha value is -2.84. The maximum absolute atomic E-state index is 13.3. The molecule has 170 valence electrons. The Morgan fingerprint density at radius 3 is 2.41 bits per heavy atom. The van der Waals surface area contributed by atoms with E-state index >= 15 is 0 Å². The molecule has 1 aliphatic rings. The van der Waals surface area contributed by atoms with Crippen LogP contribution in [0, 0.1) is 5.92 Å². The number of likely N-dealkylation sites (tertiary alicyclic amines) is 1. The number of nitrogens with one attached hydrogen (secondary N) is 2. The second-order valence-corrected chi connectivity index (χ2v) is 9.05. The maximum Gasteiger partial charge on any atom is 0.244 e. The number of hydrogen-bond acceptors (Lipinski definition) is 5. The number of nitrogens with zero attached hydrogens (tertiary/aromatic N) is 1. The molecule has 2 aromatic carbocycles. The van der Waals surface area contributed by atoms with Crippen molar-refractivity contribution in [3.05, 3.63) is 60.2 Å². The number of piperidine rings is 1. The van der Waals surface area contributed by atoms with Gasteiger partial charge in [0.2, 0.25) is 17.7 Å². The summed E-state index contributed by atoms with van der Waals surface area (Å²) in [6.07, 6.45) is 1.99. The van der Waals surface area contributed by atoms with Crippen molar-refractivity contribution in [2.75, 3.05) is 30.7 Å². The average Bonchev–Trinajstić information content (AvgIpc) is 2.79. The van der Waals surface area contributed by atoms with Gasteiger partial charge in [0.05, 0.1) is 18.0 Å². The molecule has 0 saturated carbocycles. The van der Waals surface area contributed by atoms with Gasteiger partial charge in [0.15, 0.2) is 0 Å². The first-order chi connectivity index (χ1) is 15.4. The first-order valence-electron chi connectivity index (χ1n) is 10.8. The molecule has 32 heavy (non-hydrogen) atoms. The second kappa shape index (κ2) is 11.7. The van der Waals surface area contributed by atoms with Crippen molar-refractivity contribution in [1.82, 2.24) is 10.2 Å². The van der Waals surface area contributed by atoms with Crippen LogP contribution >= 0.6 is 11.8 Å². The summed E-state index contributed by atoms with van der Waals surface area (Å²) in [4.78, 5) is 39.7. The topological polar surface area (TPSA) is 105 Å². The lowest BCUT2D eigenvalue weighted by Crippen LogP contribution is -2.46. The zero-order valence-corrected chi connectivity index (χ0v) is 19.1. The predicted molar refractivity (Wildman–Crippen MR) is 127 cm³/mol. The molecule has 0 aliphatic carbocycles. The van der Waals surface area contributed by atoms with E-state index < -0.39 is 11.9 Å². The minimum absolute atomic E-state index is 0.00619. The van der Waals surface area contributed by atoms with Gasteiger partial charge in [0.25, 0.3) is 0 Å². The van der Waals surface area contributed by atoms with Crippen LogP contribution in [-0.4, -0.2) is 48.0 Å². The highest BCUT2D eigenvalue weighted by Gasteiger charge is 2.28. The van der Waals surface area contributed by atoms with E-state index in [1.54, 1.807) is 6.07 Å². The van der Waals surface area contributed by atoms with Crippen LogP contribution in [0.25, 0.3) is 0 Å². The van der Waals surface area contributed by atoms with Gasteiger partial charge in [-0.1, -0.05) is 49.4 Å². The molecule has 0 unspecified atom stereocenters. The van der Waals surface area contributed by atoms with Gasteiger partial charge in [-0.05, 0) is 36.5 Å². The fourth-order valence-corrected chi connectivity index (χ4v) is 4.39. The normalized spacial score (nSPS) is 15.2. The van der Waals surface area contributed by atoms with Gasteiger partial charge in [0, 0.05) is 18.0 Å². The highest BCUT2D eigenvalue weighted by Crippen LogP contribution is 2.27. The van der Waals surface area contributed by atoms with Gasteiger partial charge in [-0.25, -0.2) is 0 Å². The molecule has 3 rings (SSSR count). The lowest BCUT2D eigenvalue weighted by Gasteiger charge is -2.33. The maximum atomic E-state index is 13.3. The van der Waals surface area contributed by atoms with Crippen LogP contribution in [-0.2, 0) is 14.4 Å². The second-order valence-electron chi connectivity index (χ2n) is 8.03. The molecule has 1 fully saturated rings. The number of rotatable bonds is 9. The van der Waals surface area contributed by atoms with Gasteiger partial charge in [-0.2, -0.15) is 0 Å². The van der Waals surface area contributed by atoms with Crippen LogP contribution in [0.1, 0.15) is 31.4 Å². The third-order valence-corrected chi connectivity index (χ3v) is 6.57. The SMILES string of the molecule is CC1CCN(C(=O)[C@H](NCC(=O)Nc2ccccc2SCC(N)=O)c2ccccc2)CC1. The molecule has 4 N–H and O–H groups in total. The smallest absolute Gasteiger partial charge is 0.244 e. The molecule has 1 heterocycles. The van der Waals surface area contributed by atoms with E-state index in [2.05, 4.69) is 17.6 Å². The van der Waals surface area contributed by atoms with Crippen molar-refractivity contribution in [1.29, 1.82) is 0 Å². The summed E-state index contributed by atoms with van der Waals surface area (Å²) in [7, 11) is 0. The number of primary amides is 1. The number of anilines is 1. The minimum atomic E-state index is -0.588. The Labute approximate surface area is 193 Å². The number of nitrogens with two attached hydrogens (primary N) is 1. The fourth-order valence-electron chi connectivity index (χ4n) is 3.64. The van der Waals surface area contributed by atoms with Crippen LogP contribution in [0.3, 0.4) is 0 Å². The van der Waals surface area contributed by atoms with E-state index in [9.17, 15) is 14.4 Å². The van der Waals surface area contributed by atoms with Gasteiger partial charge in [-0.15, -0.1) is 11.8 Å². The highest BCUT2D eigenvalue weighted by molar-refractivity contribution is 8.00. The standard InChI is InChI=1S/C24H30N4O3S/c1-17-11-13-28(14-12-17)24(31)23(18-7-3-2-4-8-18)26-15-22(30)27-19-9-5-6-10-20(19)32-16-21(25)29/h2-10,17,23,26H,11-16H2,1H3,(H2,25,29)(H,27,30)/t23-/m1/s1. The first kappa shape index (κ1) is 23.8. The Morgan fingerprint density at radius 2 is 1.72 bits per heavy atom. The zero-order valence-electron chi connectivity index (χ0n) is 18.3. The van der Waals surface area contributed by atoms with Crippen molar-refractivity contribution >= 4 is 35.2 Å². The number of para-hydroxylation sites is 1. The molecule has 7 nitrogen and oxygen atoms in total. The molecule has 1 atom stereocenters. The van der Waals surface area contributed by atoms with Gasteiger partial charge < -0.3 is 16.0 Å². The number of carbonyl (C=O) groups is 3. The number of thioether (sulfide) groups is 1. The lowest BCUT2D eigenvalue weighted by atomic mass is 9.97. The van der Waals surface area contributed by atoms with Crippen molar-refractivity contribution in [2.24, 2.45) is 11.7 Å². The third-order valence-electron chi connectivity index (χ3n) is 5.47. The molecule has 3 amide bonds. The summed E-state index contributed by atoms with van der Waals surface area (Å²) in [5, 5.41) is 6.02. The summed E-state index contributed by atoms with van der Waals surface area (Å²) >= 11 is 1.27. The quantitative estimate of drug-likeness (QED) is 0.506. The monoisotopic (exact) mass is 454 g/mol. The van der Waals surface area contributed by atoms with Crippen molar-refractivity contribution in [3.63, 3.8) is 0 Å². The van der Waals surface area contributed by atoms with E-state index in [0.717, 1.165) is 36.4 Å². The number of carbonyl (C=O) groups excluding carboxylic acids is 3. The molecular weight excluding hydrogens is 424 g/mol. The van der Waals surface area contributed by atoms with E-state index in [0.29, 0.717) is 11.6 Å². The predicted octanol–water partition coefficient (Wildman–Crippen LogP) is 2.79. The first-order valence-corrected chi connectivity index (χ1v) is 11.8. The summed E-state index contributed by atoms with van der Waals surface area (Å²) in [5.74, 6) is 0.0606. The summed E-state index contributed by atoms with van der Waals surface area (Å²) < 4.78 is 0. The third kappa shape index (κ3) is 6.83. The van der Waals surface area contributed by atoms with Crippen LogP contribution in [0.15, 0.2) is 59.5 Å². The molecule has 0 bridgehead atoms. The summed E-state index contributed by atoms with van der Waals surface area (Å²) in [6.45, 7) is 3.66. The number of hydrogen-bond donors (Lipinski definition) is 3. The Bertz CT molecular complexity index is 930. The minimum Gasteiger partial charge on any atom is -0.369 e. The number of benzene rings is 2. The average molecular weight is 455 g/mol.